The van der Waals surface area contributed by atoms with Gasteiger partial charge >= 0.3 is 0 Å². The zero-order valence-electron chi connectivity index (χ0n) is 15.4. The molecule has 1 aromatic heterocycles. The lowest BCUT2D eigenvalue weighted by atomic mass is 10.1. The van der Waals surface area contributed by atoms with Gasteiger partial charge in [-0.25, -0.2) is 0 Å². The van der Waals surface area contributed by atoms with Gasteiger partial charge < -0.3 is 10.2 Å². The molecule has 0 aliphatic carbocycles. The predicted octanol–water partition coefficient (Wildman–Crippen LogP) is 5.15. The fraction of sp³-hybridized carbons (Fsp3) is 0.227. The highest BCUT2D eigenvalue weighted by Crippen LogP contribution is 2.23. The van der Waals surface area contributed by atoms with Crippen LogP contribution < -0.4 is 10.2 Å². The molecule has 5 nitrogen and oxygen atoms in total. The summed E-state index contributed by atoms with van der Waals surface area (Å²) < 4.78 is 0.942. The van der Waals surface area contributed by atoms with Crippen molar-refractivity contribution in [1.29, 1.82) is 0 Å². The predicted molar refractivity (Wildman–Crippen MR) is 116 cm³/mol. The Morgan fingerprint density at radius 2 is 1.71 bits per heavy atom. The first kappa shape index (κ1) is 18.6. The molecule has 0 unspecified atom stereocenters. The Bertz CT molecular complexity index is 951. The van der Waals surface area contributed by atoms with E-state index in [1.54, 1.807) is 12.1 Å². The Balaban J connectivity index is 1.48. The summed E-state index contributed by atoms with van der Waals surface area (Å²) in [6, 6.07) is 19.0. The minimum Gasteiger partial charge on any atom is -0.355 e. The largest absolute Gasteiger partial charge is 0.355 e. The Labute approximate surface area is 172 Å². The normalized spacial score (nSPS) is 14.0. The van der Waals surface area contributed by atoms with Gasteiger partial charge in [0.05, 0.1) is 5.69 Å². The molecule has 0 bridgehead atoms. The Kier molecular flexibility index (Phi) is 5.67. The second-order valence-electron chi connectivity index (χ2n) is 6.87. The van der Waals surface area contributed by atoms with Crippen molar-refractivity contribution in [3.05, 3.63) is 70.7 Å². The van der Waals surface area contributed by atoms with E-state index in [1.807, 2.05) is 48.5 Å². The van der Waals surface area contributed by atoms with Crippen LogP contribution in [0.5, 0.6) is 0 Å². The third-order valence-corrected chi connectivity index (χ3v) is 5.38. The van der Waals surface area contributed by atoms with Gasteiger partial charge in [-0.2, -0.15) is 0 Å². The summed E-state index contributed by atoms with van der Waals surface area (Å²) in [4.78, 5) is 14.7. The molecular weight excluding hydrogens is 416 g/mol. The number of rotatable bonds is 4. The number of benzene rings is 2. The van der Waals surface area contributed by atoms with E-state index in [0.29, 0.717) is 5.56 Å². The number of piperidine rings is 1. The smallest absolute Gasteiger partial charge is 0.255 e. The maximum atomic E-state index is 12.4. The molecule has 0 radical (unpaired) electrons. The molecule has 1 saturated heterocycles. The molecule has 1 aliphatic heterocycles. The molecule has 3 aromatic rings. The number of carbonyl (C=O) groups is 1. The second-order valence-corrected chi connectivity index (χ2v) is 7.78. The fourth-order valence-electron chi connectivity index (χ4n) is 3.33. The van der Waals surface area contributed by atoms with Crippen molar-refractivity contribution in [2.45, 2.75) is 19.3 Å². The van der Waals surface area contributed by atoms with Crippen molar-refractivity contribution < 1.29 is 4.79 Å². The third kappa shape index (κ3) is 4.39. The summed E-state index contributed by atoms with van der Waals surface area (Å²) in [5.41, 5.74) is 3.05. The number of nitrogens with zero attached hydrogens (tertiary/aromatic N) is 3. The first-order valence-electron chi connectivity index (χ1n) is 9.45. The van der Waals surface area contributed by atoms with Crippen LogP contribution in [0.1, 0.15) is 29.6 Å². The van der Waals surface area contributed by atoms with Crippen molar-refractivity contribution >= 4 is 33.3 Å². The van der Waals surface area contributed by atoms with Crippen molar-refractivity contribution in [3.8, 4) is 11.3 Å². The summed E-state index contributed by atoms with van der Waals surface area (Å²) in [7, 11) is 0. The maximum absolute atomic E-state index is 12.4. The van der Waals surface area contributed by atoms with Gasteiger partial charge in [0.15, 0.2) is 5.82 Å². The minimum absolute atomic E-state index is 0.142. The third-order valence-electron chi connectivity index (χ3n) is 4.85. The maximum Gasteiger partial charge on any atom is 0.255 e. The lowest BCUT2D eigenvalue weighted by Gasteiger charge is -2.27. The van der Waals surface area contributed by atoms with Crippen molar-refractivity contribution in [2.24, 2.45) is 0 Å². The molecule has 2 aromatic carbocycles. The van der Waals surface area contributed by atoms with Crippen molar-refractivity contribution in [2.75, 3.05) is 23.3 Å². The first-order chi connectivity index (χ1) is 13.7. The molecule has 142 valence electrons. The van der Waals surface area contributed by atoms with Crippen LogP contribution in [0.4, 0.5) is 11.5 Å². The molecule has 28 heavy (non-hydrogen) atoms. The van der Waals surface area contributed by atoms with Crippen LogP contribution >= 0.6 is 15.9 Å². The number of aromatic nitrogens is 2. The number of hydrogen-bond acceptors (Lipinski definition) is 4. The lowest BCUT2D eigenvalue weighted by Crippen LogP contribution is -2.30. The average Bonchev–Trinajstić information content (AvgIpc) is 2.75. The van der Waals surface area contributed by atoms with Gasteiger partial charge in [0.2, 0.25) is 0 Å². The van der Waals surface area contributed by atoms with Gasteiger partial charge in [-0.15, -0.1) is 10.2 Å². The van der Waals surface area contributed by atoms with E-state index in [0.717, 1.165) is 40.3 Å². The summed E-state index contributed by atoms with van der Waals surface area (Å²) in [6.45, 7) is 2.09. The van der Waals surface area contributed by atoms with Crippen LogP contribution in [0.15, 0.2) is 65.1 Å². The summed E-state index contributed by atoms with van der Waals surface area (Å²) in [6.07, 6.45) is 3.72. The molecule has 2 heterocycles. The summed E-state index contributed by atoms with van der Waals surface area (Å²) >= 11 is 3.38. The van der Waals surface area contributed by atoms with Gasteiger partial charge in [-0.05, 0) is 67.8 Å². The molecule has 1 aliphatic rings. The monoisotopic (exact) mass is 436 g/mol. The van der Waals surface area contributed by atoms with Gasteiger partial charge in [-0.1, -0.05) is 28.1 Å². The molecular formula is C22H21BrN4O. The van der Waals surface area contributed by atoms with Gasteiger partial charge in [-0.3, -0.25) is 4.79 Å². The molecule has 4 rings (SSSR count). The number of amides is 1. The van der Waals surface area contributed by atoms with E-state index < -0.39 is 0 Å². The zero-order chi connectivity index (χ0) is 19.3. The van der Waals surface area contributed by atoms with Crippen LogP contribution in [-0.2, 0) is 0 Å². The fourth-order valence-corrected chi connectivity index (χ4v) is 3.60. The molecule has 0 atom stereocenters. The highest BCUT2D eigenvalue weighted by molar-refractivity contribution is 9.10. The molecule has 1 N–H and O–H groups in total. The summed E-state index contributed by atoms with van der Waals surface area (Å²) in [5.74, 6) is 0.791. The van der Waals surface area contributed by atoms with E-state index in [1.165, 1.54) is 19.3 Å². The van der Waals surface area contributed by atoms with Crippen LogP contribution in [0, 0.1) is 0 Å². The molecule has 1 amide bonds. The first-order valence-corrected chi connectivity index (χ1v) is 10.2. The van der Waals surface area contributed by atoms with Crippen molar-refractivity contribution in [1.82, 2.24) is 10.2 Å². The van der Waals surface area contributed by atoms with Crippen LogP contribution in [0.3, 0.4) is 0 Å². The van der Waals surface area contributed by atoms with E-state index >= 15 is 0 Å². The van der Waals surface area contributed by atoms with E-state index in [2.05, 4.69) is 36.3 Å². The second kappa shape index (κ2) is 8.52. The Morgan fingerprint density at radius 3 is 2.43 bits per heavy atom. The van der Waals surface area contributed by atoms with E-state index in [9.17, 15) is 4.79 Å². The van der Waals surface area contributed by atoms with Crippen LogP contribution in [0.2, 0.25) is 0 Å². The van der Waals surface area contributed by atoms with Crippen molar-refractivity contribution in [3.63, 3.8) is 0 Å². The molecule has 0 spiro atoms. The SMILES string of the molecule is O=C(Nc1cccc(-c2ccc(N3CCCCC3)nn2)c1)c1ccc(Br)cc1. The van der Waals surface area contributed by atoms with Crippen LogP contribution in [0.25, 0.3) is 11.3 Å². The Morgan fingerprint density at radius 1 is 0.929 bits per heavy atom. The summed E-state index contributed by atoms with van der Waals surface area (Å²) in [5, 5.41) is 11.8. The average molecular weight is 437 g/mol. The van der Waals surface area contributed by atoms with Gasteiger partial charge in [0, 0.05) is 34.4 Å². The van der Waals surface area contributed by atoms with Gasteiger partial charge in [0.1, 0.15) is 0 Å². The van der Waals surface area contributed by atoms with Crippen LogP contribution in [-0.4, -0.2) is 29.2 Å². The lowest BCUT2D eigenvalue weighted by molar-refractivity contribution is 0.102. The highest BCUT2D eigenvalue weighted by Gasteiger charge is 2.13. The molecule has 6 heteroatoms. The van der Waals surface area contributed by atoms with E-state index in [-0.39, 0.29) is 5.91 Å². The molecule has 0 saturated carbocycles. The number of anilines is 2. The number of nitrogens with one attached hydrogen (secondary N) is 1. The Hall–Kier alpha value is -2.73. The zero-order valence-corrected chi connectivity index (χ0v) is 17.0. The quantitative estimate of drug-likeness (QED) is 0.614. The minimum atomic E-state index is -0.142. The molecule has 1 fully saturated rings. The number of hydrogen-bond donors (Lipinski definition) is 1. The number of carbonyl (C=O) groups excluding carboxylic acids is 1. The van der Waals surface area contributed by atoms with E-state index in [4.69, 9.17) is 0 Å². The standard InChI is InChI=1S/C22H21BrN4O/c23-18-9-7-16(8-10-18)22(28)24-19-6-4-5-17(15-19)20-11-12-21(26-25-20)27-13-2-1-3-14-27/h4-12,15H,1-3,13-14H2,(H,24,28). The van der Waals surface area contributed by atoms with Gasteiger partial charge in [0.25, 0.3) is 5.91 Å². The topological polar surface area (TPSA) is 58.1 Å². The number of halogens is 1. The highest BCUT2D eigenvalue weighted by atomic mass is 79.9.